The van der Waals surface area contributed by atoms with E-state index in [1.807, 2.05) is 42.5 Å². The Hall–Kier alpha value is -4.15. The van der Waals surface area contributed by atoms with Crippen LogP contribution in [0.1, 0.15) is 101 Å². The van der Waals surface area contributed by atoms with Crippen molar-refractivity contribution in [2.24, 2.45) is 0 Å². The van der Waals surface area contributed by atoms with Crippen LogP contribution >= 0.6 is 7.92 Å². The van der Waals surface area contributed by atoms with Gasteiger partial charge in [-0.05, 0) is 78.0 Å². The van der Waals surface area contributed by atoms with Gasteiger partial charge >= 0.3 is 0 Å². The standard InChI is InChI=1S/C48H59O5P/c1-33-25-38(47(6,7)8)44(52-31-50-29-35-19-14-12-15-20-35)41(27-33)54(40-24-18-23-37(43(40)49)46(3,4)5)42-28-34(2)26-39(48(9,10)11)45(42)53-32-51-30-36-21-16-13-17-22-36/h12-28,49H,29-32H2,1-11H3. The molecule has 5 rings (SSSR count). The molecular weight excluding hydrogens is 687 g/mol. The summed E-state index contributed by atoms with van der Waals surface area (Å²) in [6.45, 7) is 25.0. The molecule has 54 heavy (non-hydrogen) atoms. The molecule has 6 heteroatoms. The molecule has 0 aliphatic heterocycles. The van der Waals surface area contributed by atoms with Gasteiger partial charge in [-0.25, -0.2) is 0 Å². The predicted molar refractivity (Wildman–Crippen MR) is 226 cm³/mol. The Balaban J connectivity index is 1.74. The van der Waals surface area contributed by atoms with E-state index in [-0.39, 0.29) is 29.8 Å². The van der Waals surface area contributed by atoms with E-state index in [1.165, 1.54) is 0 Å². The maximum atomic E-state index is 12.4. The summed E-state index contributed by atoms with van der Waals surface area (Å²) in [6, 6.07) is 35.4. The molecule has 0 unspecified atom stereocenters. The molecule has 286 valence electrons. The fourth-order valence-electron chi connectivity index (χ4n) is 6.63. The zero-order chi connectivity index (χ0) is 39.3. The summed E-state index contributed by atoms with van der Waals surface area (Å²) in [4.78, 5) is 0. The molecule has 0 amide bonds. The third kappa shape index (κ3) is 10.1. The summed E-state index contributed by atoms with van der Waals surface area (Å²) in [5.74, 6) is 1.85. The SMILES string of the molecule is Cc1cc(P(c2cccc(C(C)(C)C)c2O)c2cc(C)cc(C(C)(C)C)c2OCOCc2ccccc2)c(OCOCc2ccccc2)c(C(C)(C)C)c1. The molecule has 0 heterocycles. The number of hydrogen-bond acceptors (Lipinski definition) is 5. The Morgan fingerprint density at radius 1 is 0.481 bits per heavy atom. The van der Waals surface area contributed by atoms with Crippen molar-refractivity contribution in [2.45, 2.75) is 106 Å². The predicted octanol–water partition coefficient (Wildman–Crippen LogP) is 10.8. The topological polar surface area (TPSA) is 57.2 Å². The van der Waals surface area contributed by atoms with E-state index in [2.05, 4.69) is 137 Å². The molecule has 0 fully saturated rings. The van der Waals surface area contributed by atoms with Crippen LogP contribution in [0.2, 0.25) is 0 Å². The van der Waals surface area contributed by atoms with Crippen molar-refractivity contribution >= 4 is 23.8 Å². The highest BCUT2D eigenvalue weighted by atomic mass is 31.1. The zero-order valence-corrected chi connectivity index (χ0v) is 35.1. The number of aryl methyl sites for hydroxylation is 2. The van der Waals surface area contributed by atoms with E-state index in [9.17, 15) is 5.11 Å². The second kappa shape index (κ2) is 17.1. The Kier molecular flexibility index (Phi) is 13.0. The highest BCUT2D eigenvalue weighted by Crippen LogP contribution is 2.48. The lowest BCUT2D eigenvalue weighted by molar-refractivity contribution is 0.00471. The second-order valence-corrected chi connectivity index (χ2v) is 19.4. The van der Waals surface area contributed by atoms with Crippen LogP contribution in [-0.2, 0) is 38.9 Å². The first-order valence-electron chi connectivity index (χ1n) is 18.9. The minimum absolute atomic E-state index is 0.0724. The summed E-state index contributed by atoms with van der Waals surface area (Å²) >= 11 is 0. The molecule has 0 bridgehead atoms. The van der Waals surface area contributed by atoms with Crippen molar-refractivity contribution < 1.29 is 24.1 Å². The van der Waals surface area contributed by atoms with E-state index in [0.29, 0.717) is 19.0 Å². The lowest BCUT2D eigenvalue weighted by Gasteiger charge is -2.33. The van der Waals surface area contributed by atoms with E-state index in [0.717, 1.165) is 66.4 Å². The minimum Gasteiger partial charge on any atom is -0.507 e. The van der Waals surface area contributed by atoms with E-state index in [1.54, 1.807) is 0 Å². The van der Waals surface area contributed by atoms with Crippen molar-refractivity contribution in [3.8, 4) is 17.2 Å². The molecule has 0 aliphatic carbocycles. The summed E-state index contributed by atoms with van der Waals surface area (Å²) in [5, 5.41) is 15.2. The number of ether oxygens (including phenoxy) is 4. The Morgan fingerprint density at radius 2 is 0.889 bits per heavy atom. The number of aromatic hydroxyl groups is 1. The van der Waals surface area contributed by atoms with Gasteiger partial charge in [-0.3, -0.25) is 0 Å². The lowest BCUT2D eigenvalue weighted by Crippen LogP contribution is -2.30. The fraction of sp³-hybridized carbons (Fsp3) is 0.375. The van der Waals surface area contributed by atoms with Crippen LogP contribution in [0.4, 0.5) is 0 Å². The number of benzene rings is 5. The normalized spacial score (nSPS) is 12.3. The van der Waals surface area contributed by atoms with Gasteiger partial charge in [0.1, 0.15) is 17.2 Å². The first-order chi connectivity index (χ1) is 25.4. The molecule has 1 N–H and O–H groups in total. The van der Waals surface area contributed by atoms with Gasteiger partial charge in [0.15, 0.2) is 13.6 Å². The van der Waals surface area contributed by atoms with Gasteiger partial charge in [0.2, 0.25) is 0 Å². The number of hydrogen-bond donors (Lipinski definition) is 1. The van der Waals surface area contributed by atoms with Gasteiger partial charge in [0, 0.05) is 27.0 Å². The molecule has 5 aromatic rings. The van der Waals surface area contributed by atoms with Crippen molar-refractivity contribution in [2.75, 3.05) is 13.6 Å². The third-order valence-corrected chi connectivity index (χ3v) is 11.9. The van der Waals surface area contributed by atoms with Gasteiger partial charge in [0.05, 0.1) is 13.2 Å². The number of para-hydroxylation sites is 1. The monoisotopic (exact) mass is 746 g/mol. The smallest absolute Gasteiger partial charge is 0.189 e. The van der Waals surface area contributed by atoms with Gasteiger partial charge in [-0.1, -0.05) is 153 Å². The zero-order valence-electron chi connectivity index (χ0n) is 34.2. The second-order valence-electron chi connectivity index (χ2n) is 17.3. The van der Waals surface area contributed by atoms with Crippen molar-refractivity contribution in [3.63, 3.8) is 0 Å². The molecular formula is C48H59O5P. The molecule has 0 aromatic heterocycles. The van der Waals surface area contributed by atoms with Crippen LogP contribution < -0.4 is 25.4 Å². The summed E-state index contributed by atoms with van der Waals surface area (Å²) < 4.78 is 25.9. The first-order valence-corrected chi connectivity index (χ1v) is 20.2. The lowest BCUT2D eigenvalue weighted by atomic mass is 9.85. The van der Waals surface area contributed by atoms with Crippen LogP contribution in [0.25, 0.3) is 0 Å². The van der Waals surface area contributed by atoms with Crippen molar-refractivity contribution in [1.82, 2.24) is 0 Å². The quantitative estimate of drug-likeness (QED) is 0.0739. The Bertz CT molecular complexity index is 1890. The van der Waals surface area contributed by atoms with E-state index >= 15 is 0 Å². The highest BCUT2D eigenvalue weighted by molar-refractivity contribution is 7.80. The van der Waals surface area contributed by atoms with Crippen molar-refractivity contribution in [3.05, 3.63) is 142 Å². The van der Waals surface area contributed by atoms with Crippen molar-refractivity contribution in [1.29, 1.82) is 0 Å². The Labute approximate surface area is 325 Å². The van der Waals surface area contributed by atoms with E-state index < -0.39 is 7.92 Å². The molecule has 0 saturated heterocycles. The minimum atomic E-state index is -1.47. The average molecular weight is 747 g/mol. The summed E-state index contributed by atoms with van der Waals surface area (Å²) in [6.07, 6.45) is 0. The summed E-state index contributed by atoms with van der Waals surface area (Å²) in [7, 11) is -1.47. The van der Waals surface area contributed by atoms with E-state index in [4.69, 9.17) is 18.9 Å². The highest BCUT2D eigenvalue weighted by Gasteiger charge is 2.35. The average Bonchev–Trinajstić information content (AvgIpc) is 3.10. The molecule has 0 spiro atoms. The first kappa shape index (κ1) is 41.0. The van der Waals surface area contributed by atoms with Gasteiger partial charge < -0.3 is 24.1 Å². The fourth-order valence-corrected chi connectivity index (χ4v) is 9.42. The maximum Gasteiger partial charge on any atom is 0.189 e. The molecule has 5 aromatic carbocycles. The molecule has 0 saturated carbocycles. The largest absolute Gasteiger partial charge is 0.507 e. The number of rotatable bonds is 13. The summed E-state index contributed by atoms with van der Waals surface area (Å²) in [5.41, 5.74) is 6.66. The number of phenols is 1. The molecule has 5 nitrogen and oxygen atoms in total. The Morgan fingerprint density at radius 3 is 1.28 bits per heavy atom. The molecule has 0 aliphatic rings. The van der Waals surface area contributed by atoms with Crippen LogP contribution in [0.3, 0.4) is 0 Å². The van der Waals surface area contributed by atoms with Gasteiger partial charge in [0.25, 0.3) is 0 Å². The van der Waals surface area contributed by atoms with Gasteiger partial charge in [-0.15, -0.1) is 0 Å². The van der Waals surface area contributed by atoms with Gasteiger partial charge in [-0.2, -0.15) is 0 Å². The maximum absolute atomic E-state index is 12.4. The van der Waals surface area contributed by atoms with Crippen LogP contribution in [0.5, 0.6) is 17.2 Å². The third-order valence-electron chi connectivity index (χ3n) is 9.39. The molecule has 0 radical (unpaired) electrons. The molecule has 0 atom stereocenters. The van der Waals surface area contributed by atoms with Crippen LogP contribution in [-0.4, -0.2) is 18.7 Å². The van der Waals surface area contributed by atoms with Crippen LogP contribution in [0, 0.1) is 13.8 Å². The number of phenolic OH excluding ortho intramolecular Hbond substituents is 1. The van der Waals surface area contributed by atoms with Crippen LogP contribution in [0.15, 0.2) is 103 Å².